The molecule has 0 aliphatic heterocycles. The van der Waals surface area contributed by atoms with Crippen molar-refractivity contribution in [1.29, 1.82) is 5.41 Å². The van der Waals surface area contributed by atoms with E-state index in [1.165, 1.54) is 0 Å². The van der Waals surface area contributed by atoms with E-state index in [1.54, 1.807) is 0 Å². The molecule has 0 aliphatic rings. The van der Waals surface area contributed by atoms with Gasteiger partial charge in [0.25, 0.3) is 0 Å². The second-order valence-corrected chi connectivity index (χ2v) is 1.77. The van der Waals surface area contributed by atoms with Crippen LogP contribution in [0.2, 0.25) is 0 Å². The maximum Gasteiger partial charge on any atom is 0.342 e. The molecule has 0 rings (SSSR count). The van der Waals surface area contributed by atoms with Crippen molar-refractivity contribution in [2.75, 3.05) is 0 Å². The molecule has 0 aliphatic carbocycles. The molecule has 0 aromatic rings. The van der Waals surface area contributed by atoms with Gasteiger partial charge in [0.05, 0.1) is 4.91 Å². The lowest BCUT2D eigenvalue weighted by Crippen LogP contribution is -2.07. The summed E-state index contributed by atoms with van der Waals surface area (Å²) in [6.45, 7) is 0. The third-order valence-corrected chi connectivity index (χ3v) is 0.832. The van der Waals surface area contributed by atoms with Gasteiger partial charge in [-0.15, -0.1) is 12.6 Å². The van der Waals surface area contributed by atoms with Gasteiger partial charge >= 0.3 is 5.97 Å². The van der Waals surface area contributed by atoms with Gasteiger partial charge in [0, 0.05) is 6.08 Å². The summed E-state index contributed by atoms with van der Waals surface area (Å²) >= 11 is 3.51. The Labute approximate surface area is 57.3 Å². The quantitative estimate of drug-likeness (QED) is 0.189. The highest BCUT2D eigenvalue weighted by molar-refractivity contribution is 7.85. The Morgan fingerprint density at radius 3 is 2.33 bits per heavy atom. The van der Waals surface area contributed by atoms with E-state index >= 15 is 0 Å². The number of rotatable bonds is 2. The number of nitrogens with two attached hydrogens (primary N) is 1. The van der Waals surface area contributed by atoms with Gasteiger partial charge in [-0.25, -0.2) is 4.79 Å². The molecule has 0 bridgehead atoms. The van der Waals surface area contributed by atoms with Crippen molar-refractivity contribution in [3.05, 3.63) is 11.0 Å². The Balaban J connectivity index is 4.17. The van der Waals surface area contributed by atoms with E-state index in [0.717, 1.165) is 6.08 Å². The van der Waals surface area contributed by atoms with Crippen LogP contribution in [0.1, 0.15) is 0 Å². The van der Waals surface area contributed by atoms with Gasteiger partial charge in [0.15, 0.2) is 0 Å². The highest BCUT2D eigenvalue weighted by atomic mass is 32.1. The average molecular weight is 146 g/mol. The zero-order valence-corrected chi connectivity index (χ0v) is 5.35. The fourth-order valence-electron chi connectivity index (χ4n) is 0.209. The maximum atomic E-state index is 9.94. The van der Waals surface area contributed by atoms with Gasteiger partial charge < -0.3 is 10.8 Å². The molecule has 5 heteroatoms. The SMILES string of the molecule is N=C(N)/C=C(\S)C(=O)O. The average Bonchev–Trinajstić information content (AvgIpc) is 1.63. The smallest absolute Gasteiger partial charge is 0.342 e. The molecule has 0 saturated heterocycles. The van der Waals surface area contributed by atoms with Crippen molar-refractivity contribution in [2.45, 2.75) is 0 Å². The normalized spacial score (nSPS) is 11.0. The largest absolute Gasteiger partial charge is 0.477 e. The predicted molar refractivity (Wildman–Crippen MR) is 36.6 cm³/mol. The molecule has 4 N–H and O–H groups in total. The summed E-state index contributed by atoms with van der Waals surface area (Å²) in [6.07, 6.45) is 0.950. The minimum Gasteiger partial charge on any atom is -0.477 e. The lowest BCUT2D eigenvalue weighted by Gasteiger charge is -1.88. The van der Waals surface area contributed by atoms with E-state index in [1.807, 2.05) is 0 Å². The van der Waals surface area contributed by atoms with Gasteiger partial charge in [0.1, 0.15) is 5.84 Å². The van der Waals surface area contributed by atoms with Crippen LogP contribution in [0.4, 0.5) is 0 Å². The molecule has 0 spiro atoms. The molecule has 0 heterocycles. The Hall–Kier alpha value is -0.970. The van der Waals surface area contributed by atoms with Crippen LogP contribution in [0.3, 0.4) is 0 Å². The molecule has 9 heavy (non-hydrogen) atoms. The molecule has 0 saturated carbocycles. The van der Waals surface area contributed by atoms with E-state index in [2.05, 4.69) is 12.6 Å². The van der Waals surface area contributed by atoms with Crippen molar-refractivity contribution in [1.82, 2.24) is 0 Å². The molecule has 50 valence electrons. The molecule has 4 nitrogen and oxygen atoms in total. The minimum absolute atomic E-state index is 0.234. The highest BCUT2D eigenvalue weighted by Crippen LogP contribution is 1.97. The summed E-state index contributed by atoms with van der Waals surface area (Å²) in [6, 6.07) is 0. The number of carbonyl (C=O) groups is 1. The Kier molecular flexibility index (Phi) is 2.80. The lowest BCUT2D eigenvalue weighted by atomic mass is 10.5. The van der Waals surface area contributed by atoms with Crippen molar-refractivity contribution in [3.63, 3.8) is 0 Å². The number of aliphatic carboxylic acids is 1. The van der Waals surface area contributed by atoms with Crippen molar-refractivity contribution in [2.24, 2.45) is 5.73 Å². The van der Waals surface area contributed by atoms with Gasteiger partial charge in [0.2, 0.25) is 0 Å². The second kappa shape index (κ2) is 3.13. The monoisotopic (exact) mass is 146 g/mol. The third kappa shape index (κ3) is 3.60. The Morgan fingerprint density at radius 1 is 1.78 bits per heavy atom. The van der Waals surface area contributed by atoms with Crippen LogP contribution >= 0.6 is 12.6 Å². The number of thiol groups is 1. The summed E-state index contributed by atoms with van der Waals surface area (Å²) in [5.74, 6) is -1.50. The first-order valence-electron chi connectivity index (χ1n) is 2.02. The van der Waals surface area contributed by atoms with Gasteiger partial charge in [-0.2, -0.15) is 0 Å². The molecule has 0 fully saturated rings. The first-order valence-corrected chi connectivity index (χ1v) is 2.46. The Morgan fingerprint density at radius 2 is 2.22 bits per heavy atom. The van der Waals surface area contributed by atoms with E-state index < -0.39 is 5.97 Å². The fraction of sp³-hybridized carbons (Fsp3) is 0. The molecular formula is C4H6N2O2S. The van der Waals surface area contributed by atoms with Crippen molar-refractivity contribution < 1.29 is 9.90 Å². The first-order chi connectivity index (χ1) is 4.04. The van der Waals surface area contributed by atoms with Crippen LogP contribution in [0.25, 0.3) is 0 Å². The van der Waals surface area contributed by atoms with Crippen LogP contribution in [-0.4, -0.2) is 16.9 Å². The van der Waals surface area contributed by atoms with Crippen molar-refractivity contribution in [3.8, 4) is 0 Å². The fourth-order valence-corrected chi connectivity index (χ4v) is 0.348. The highest BCUT2D eigenvalue weighted by Gasteiger charge is 1.99. The van der Waals surface area contributed by atoms with Crippen LogP contribution in [-0.2, 0) is 4.79 Å². The van der Waals surface area contributed by atoms with E-state index in [-0.39, 0.29) is 10.7 Å². The molecule has 0 aromatic carbocycles. The first kappa shape index (κ1) is 8.03. The third-order valence-electron chi connectivity index (χ3n) is 0.511. The molecule has 0 aromatic heterocycles. The molecule has 0 amide bonds. The molecule has 0 radical (unpaired) electrons. The van der Waals surface area contributed by atoms with Crippen molar-refractivity contribution >= 4 is 24.4 Å². The van der Waals surface area contributed by atoms with Gasteiger partial charge in [-0.05, 0) is 0 Å². The predicted octanol–water partition coefficient (Wildman–Crippen LogP) is -0.179. The van der Waals surface area contributed by atoms with Gasteiger partial charge in [-0.1, -0.05) is 0 Å². The number of carboxylic acid groups (broad SMARTS) is 1. The number of amidine groups is 1. The van der Waals surface area contributed by atoms with Gasteiger partial charge in [-0.3, -0.25) is 5.41 Å². The minimum atomic E-state index is -1.19. The van der Waals surface area contributed by atoms with Crippen LogP contribution in [0, 0.1) is 5.41 Å². The van der Waals surface area contributed by atoms with Crippen LogP contribution in [0.15, 0.2) is 11.0 Å². The number of hydrogen-bond acceptors (Lipinski definition) is 3. The summed E-state index contributed by atoms with van der Waals surface area (Å²) in [4.78, 5) is 9.70. The van der Waals surface area contributed by atoms with Crippen LogP contribution < -0.4 is 5.73 Å². The molecule has 0 unspecified atom stereocenters. The molecular weight excluding hydrogens is 140 g/mol. The lowest BCUT2D eigenvalue weighted by molar-refractivity contribution is -0.131. The topological polar surface area (TPSA) is 87.2 Å². The molecule has 0 atom stereocenters. The second-order valence-electron chi connectivity index (χ2n) is 1.29. The number of hydrogen-bond donors (Lipinski definition) is 4. The van der Waals surface area contributed by atoms with Crippen LogP contribution in [0.5, 0.6) is 0 Å². The summed E-state index contributed by atoms with van der Waals surface area (Å²) in [7, 11) is 0. The number of carboxylic acids is 1. The summed E-state index contributed by atoms with van der Waals surface area (Å²) in [5, 5.41) is 14.7. The zero-order chi connectivity index (χ0) is 7.44. The summed E-state index contributed by atoms with van der Waals surface area (Å²) < 4.78 is 0. The Bertz CT molecular complexity index is 175. The number of nitrogens with one attached hydrogen (secondary N) is 1. The van der Waals surface area contributed by atoms with E-state index in [4.69, 9.17) is 16.2 Å². The summed E-state index contributed by atoms with van der Waals surface area (Å²) in [5.41, 5.74) is 4.83. The maximum absolute atomic E-state index is 9.94. The zero-order valence-electron chi connectivity index (χ0n) is 4.46. The van der Waals surface area contributed by atoms with E-state index in [0.29, 0.717) is 0 Å². The standard InChI is InChI=1S/C4H6N2O2S/c5-3(6)1-2(9)4(7)8/h1,9H,(H3,5,6)(H,7,8)/b2-1-. The van der Waals surface area contributed by atoms with E-state index in [9.17, 15) is 4.79 Å².